The number of nitrogens with zero attached hydrogens (tertiary/aromatic N) is 3. The van der Waals surface area contributed by atoms with E-state index >= 15 is 0 Å². The number of nitrogens with one attached hydrogen (secondary N) is 1. The zero-order valence-electron chi connectivity index (χ0n) is 11.6. The summed E-state index contributed by atoms with van der Waals surface area (Å²) in [6.07, 6.45) is -2.18. The third-order valence-electron chi connectivity index (χ3n) is 2.68. The highest BCUT2D eigenvalue weighted by Gasteiger charge is 2.37. The summed E-state index contributed by atoms with van der Waals surface area (Å²) in [5.74, 6) is 0. The van der Waals surface area contributed by atoms with E-state index in [-0.39, 0.29) is 18.7 Å². The van der Waals surface area contributed by atoms with Crippen molar-refractivity contribution in [1.82, 2.24) is 20.0 Å². The maximum absolute atomic E-state index is 13.1. The Hall–Kier alpha value is -1.08. The smallest absolute Gasteiger partial charge is 0.313 e. The van der Waals surface area contributed by atoms with Gasteiger partial charge >= 0.3 is 6.18 Å². The molecule has 0 fully saturated rings. The van der Waals surface area contributed by atoms with Gasteiger partial charge in [0, 0.05) is 18.7 Å². The molecule has 0 saturated heterocycles. The summed E-state index contributed by atoms with van der Waals surface area (Å²) in [7, 11) is 3.64. The van der Waals surface area contributed by atoms with Crippen LogP contribution >= 0.6 is 0 Å². The van der Waals surface area contributed by atoms with Gasteiger partial charge in [-0.05, 0) is 27.1 Å². The van der Waals surface area contributed by atoms with Crippen molar-refractivity contribution in [3.63, 3.8) is 0 Å². The van der Waals surface area contributed by atoms with Crippen molar-refractivity contribution in [2.24, 2.45) is 0 Å². The predicted molar refractivity (Wildman–Crippen MR) is 67.8 cm³/mol. The van der Waals surface area contributed by atoms with Gasteiger partial charge in [0.05, 0.1) is 12.7 Å². The summed E-state index contributed by atoms with van der Waals surface area (Å²) in [6, 6.07) is 0. The fourth-order valence-electron chi connectivity index (χ4n) is 1.75. The van der Waals surface area contributed by atoms with Gasteiger partial charge < -0.3 is 10.2 Å². The molecule has 1 N–H and O–H groups in total. The molecule has 0 spiro atoms. The summed E-state index contributed by atoms with van der Waals surface area (Å²) in [5.41, 5.74) is -0.433. The van der Waals surface area contributed by atoms with Crippen molar-refractivity contribution >= 4 is 0 Å². The van der Waals surface area contributed by atoms with Gasteiger partial charge in [-0.2, -0.15) is 18.3 Å². The zero-order chi connectivity index (χ0) is 14.5. The SMILES string of the molecule is CCCNCc1cnn(CCN(C)C)c1C(F)(F)F. The van der Waals surface area contributed by atoms with Crippen molar-refractivity contribution in [2.75, 3.05) is 27.2 Å². The second-order valence-corrected chi connectivity index (χ2v) is 4.72. The van der Waals surface area contributed by atoms with Gasteiger partial charge in [-0.25, -0.2) is 0 Å². The van der Waals surface area contributed by atoms with Gasteiger partial charge in [-0.1, -0.05) is 6.92 Å². The van der Waals surface area contributed by atoms with Crippen LogP contribution in [0.4, 0.5) is 13.2 Å². The van der Waals surface area contributed by atoms with Crippen molar-refractivity contribution in [2.45, 2.75) is 32.6 Å². The lowest BCUT2D eigenvalue weighted by Gasteiger charge is -2.15. The first-order valence-corrected chi connectivity index (χ1v) is 6.33. The average molecular weight is 278 g/mol. The summed E-state index contributed by atoms with van der Waals surface area (Å²) >= 11 is 0. The molecule has 0 atom stereocenters. The minimum Gasteiger partial charge on any atom is -0.313 e. The molecule has 19 heavy (non-hydrogen) atoms. The molecule has 0 unspecified atom stereocenters. The van der Waals surface area contributed by atoms with Crippen molar-refractivity contribution < 1.29 is 13.2 Å². The minimum absolute atomic E-state index is 0.199. The maximum atomic E-state index is 13.1. The molecule has 0 radical (unpaired) electrons. The molecule has 4 nitrogen and oxygen atoms in total. The maximum Gasteiger partial charge on any atom is 0.433 e. The molecule has 0 amide bonds. The number of alkyl halides is 3. The zero-order valence-corrected chi connectivity index (χ0v) is 11.6. The van der Waals surface area contributed by atoms with Crippen molar-refractivity contribution in [1.29, 1.82) is 0 Å². The fraction of sp³-hybridized carbons (Fsp3) is 0.750. The minimum atomic E-state index is -4.37. The van der Waals surface area contributed by atoms with Crippen molar-refractivity contribution in [3.05, 3.63) is 17.5 Å². The summed E-state index contributed by atoms with van der Waals surface area (Å²) in [5, 5.41) is 6.84. The van der Waals surface area contributed by atoms with E-state index in [1.807, 2.05) is 25.9 Å². The van der Waals surface area contributed by atoms with Crippen LogP contribution in [0.3, 0.4) is 0 Å². The lowest BCUT2D eigenvalue weighted by Crippen LogP contribution is -2.24. The Bertz CT molecular complexity index is 385. The number of hydrogen-bond donors (Lipinski definition) is 1. The molecule has 0 aliphatic rings. The van der Waals surface area contributed by atoms with Crippen LogP contribution in [0.2, 0.25) is 0 Å². The van der Waals surface area contributed by atoms with Gasteiger partial charge in [0.2, 0.25) is 0 Å². The van der Waals surface area contributed by atoms with Crippen LogP contribution < -0.4 is 5.32 Å². The third-order valence-corrected chi connectivity index (χ3v) is 2.68. The molecule has 0 aromatic carbocycles. The van der Waals surface area contributed by atoms with E-state index in [4.69, 9.17) is 0 Å². The van der Waals surface area contributed by atoms with E-state index in [0.29, 0.717) is 13.1 Å². The lowest BCUT2D eigenvalue weighted by atomic mass is 10.2. The molecule has 0 aliphatic heterocycles. The number of rotatable bonds is 7. The molecule has 110 valence electrons. The second kappa shape index (κ2) is 6.91. The Morgan fingerprint density at radius 2 is 2.05 bits per heavy atom. The monoisotopic (exact) mass is 278 g/mol. The second-order valence-electron chi connectivity index (χ2n) is 4.72. The van der Waals surface area contributed by atoms with Crippen LogP contribution in [-0.2, 0) is 19.3 Å². The molecule has 0 saturated carbocycles. The van der Waals surface area contributed by atoms with Crippen molar-refractivity contribution in [3.8, 4) is 0 Å². The van der Waals surface area contributed by atoms with Crippen LogP contribution in [-0.4, -0.2) is 41.9 Å². The lowest BCUT2D eigenvalue weighted by molar-refractivity contribution is -0.145. The third kappa shape index (κ3) is 4.83. The highest BCUT2D eigenvalue weighted by Crippen LogP contribution is 2.31. The molecule has 1 rings (SSSR count). The predicted octanol–water partition coefficient (Wildman–Crippen LogP) is 1.96. The van der Waals surface area contributed by atoms with E-state index in [9.17, 15) is 13.2 Å². The summed E-state index contributed by atoms with van der Waals surface area (Å²) in [4.78, 5) is 1.83. The van der Waals surface area contributed by atoms with E-state index in [1.54, 1.807) is 0 Å². The largest absolute Gasteiger partial charge is 0.433 e. The van der Waals surface area contributed by atoms with E-state index in [0.717, 1.165) is 11.1 Å². The Morgan fingerprint density at radius 3 is 2.58 bits per heavy atom. The molecular weight excluding hydrogens is 257 g/mol. The Kier molecular flexibility index (Phi) is 5.81. The molecule has 7 heteroatoms. The highest BCUT2D eigenvalue weighted by molar-refractivity contribution is 5.20. The number of likely N-dealkylation sites (N-methyl/N-ethyl adjacent to an activating group) is 1. The van der Waals surface area contributed by atoms with E-state index in [1.165, 1.54) is 6.20 Å². The fourth-order valence-corrected chi connectivity index (χ4v) is 1.75. The molecule has 1 heterocycles. The average Bonchev–Trinajstić information content (AvgIpc) is 2.69. The van der Waals surface area contributed by atoms with Crippen LogP contribution in [0.25, 0.3) is 0 Å². The van der Waals surface area contributed by atoms with E-state index in [2.05, 4.69) is 10.4 Å². The number of hydrogen-bond acceptors (Lipinski definition) is 3. The van der Waals surface area contributed by atoms with Crippen LogP contribution in [0, 0.1) is 0 Å². The molecule has 1 aromatic heterocycles. The molecule has 0 bridgehead atoms. The molecule has 1 aromatic rings. The van der Waals surface area contributed by atoms with Gasteiger partial charge in [-0.3, -0.25) is 4.68 Å². The standard InChI is InChI=1S/C12H21F3N4/c1-4-5-16-8-10-9-17-19(7-6-18(2)3)11(10)12(13,14)15/h9,16H,4-8H2,1-3H3. The first-order chi connectivity index (χ1) is 8.86. The Morgan fingerprint density at radius 1 is 1.37 bits per heavy atom. The Balaban J connectivity index is 2.86. The van der Waals surface area contributed by atoms with Gasteiger partial charge in [-0.15, -0.1) is 0 Å². The summed E-state index contributed by atoms with van der Waals surface area (Å²) < 4.78 is 40.3. The highest BCUT2D eigenvalue weighted by atomic mass is 19.4. The van der Waals surface area contributed by atoms with Gasteiger partial charge in [0.25, 0.3) is 0 Å². The first kappa shape index (κ1) is 16.0. The quantitative estimate of drug-likeness (QED) is 0.774. The summed E-state index contributed by atoms with van der Waals surface area (Å²) in [6.45, 7) is 3.62. The topological polar surface area (TPSA) is 33.1 Å². The van der Waals surface area contributed by atoms with E-state index < -0.39 is 11.9 Å². The normalized spacial score (nSPS) is 12.4. The molecular formula is C12H21F3N4. The van der Waals surface area contributed by atoms with Gasteiger partial charge in [0.1, 0.15) is 5.69 Å². The van der Waals surface area contributed by atoms with Crippen LogP contribution in [0.1, 0.15) is 24.6 Å². The molecule has 0 aliphatic carbocycles. The first-order valence-electron chi connectivity index (χ1n) is 6.33. The Labute approximate surface area is 111 Å². The number of aromatic nitrogens is 2. The van der Waals surface area contributed by atoms with Crippen LogP contribution in [0.5, 0.6) is 0 Å². The van der Waals surface area contributed by atoms with Crippen LogP contribution in [0.15, 0.2) is 6.20 Å². The van der Waals surface area contributed by atoms with Gasteiger partial charge in [0.15, 0.2) is 0 Å². The number of halogens is 3.